The van der Waals surface area contributed by atoms with E-state index in [2.05, 4.69) is 4.72 Å². The van der Waals surface area contributed by atoms with Gasteiger partial charge in [-0.3, -0.25) is 9.52 Å². The minimum absolute atomic E-state index is 0.0607. The number of hydrogen-bond donors (Lipinski definition) is 1. The second kappa shape index (κ2) is 7.17. The molecule has 1 unspecified atom stereocenters. The summed E-state index contributed by atoms with van der Waals surface area (Å²) in [6.45, 7) is 7.84. The number of hydrogen-bond acceptors (Lipinski definition) is 3. The van der Waals surface area contributed by atoms with Crippen molar-refractivity contribution in [2.75, 3.05) is 9.62 Å². The van der Waals surface area contributed by atoms with Crippen LogP contribution < -0.4 is 9.62 Å². The summed E-state index contributed by atoms with van der Waals surface area (Å²) in [4.78, 5) is 14.9. The molecule has 1 heterocycles. The van der Waals surface area contributed by atoms with Crippen LogP contribution >= 0.6 is 0 Å². The van der Waals surface area contributed by atoms with E-state index in [0.29, 0.717) is 12.1 Å². The van der Waals surface area contributed by atoms with Gasteiger partial charge in [0.2, 0.25) is 5.91 Å². The van der Waals surface area contributed by atoms with Crippen molar-refractivity contribution in [1.29, 1.82) is 0 Å². The molecule has 0 aromatic heterocycles. The molecule has 0 spiro atoms. The normalized spacial score (nSPS) is 19.0. The van der Waals surface area contributed by atoms with Gasteiger partial charge in [0.15, 0.2) is 0 Å². The number of rotatable bonds is 4. The molecule has 1 N–H and O–H groups in total. The van der Waals surface area contributed by atoms with Crippen LogP contribution in [-0.2, 0) is 21.2 Å². The summed E-state index contributed by atoms with van der Waals surface area (Å²) in [7, 11) is -3.71. The molecule has 0 bridgehead atoms. The van der Waals surface area contributed by atoms with Crippen LogP contribution in [0.2, 0.25) is 0 Å². The first-order valence-corrected chi connectivity index (χ1v) is 11.7. The number of amides is 1. The van der Waals surface area contributed by atoms with Crippen molar-refractivity contribution in [1.82, 2.24) is 0 Å². The summed E-state index contributed by atoms with van der Waals surface area (Å²) in [6.07, 6.45) is 3.72. The van der Waals surface area contributed by atoms with E-state index in [4.69, 9.17) is 0 Å². The highest BCUT2D eigenvalue weighted by Crippen LogP contribution is 2.38. The smallest absolute Gasteiger partial charge is 0.261 e. The lowest BCUT2D eigenvalue weighted by Crippen LogP contribution is -2.42. The van der Waals surface area contributed by atoms with Gasteiger partial charge in [0, 0.05) is 17.6 Å². The molecule has 4 rings (SSSR count). The van der Waals surface area contributed by atoms with E-state index in [1.807, 2.05) is 44.7 Å². The van der Waals surface area contributed by atoms with Gasteiger partial charge >= 0.3 is 0 Å². The Labute approximate surface area is 173 Å². The lowest BCUT2D eigenvalue weighted by molar-refractivity contribution is -0.125. The molecule has 1 atom stereocenters. The standard InChI is InChI=1S/C23H28N2O3S/c1-14-10-15(2)22(16(3)11-14)24-29(27,28)20-8-9-21-19(13-20)12-17(4)25(21)23(26)18-6-5-7-18/h8-11,13,17-18,24H,5-7,12H2,1-4H3. The number of nitrogens with zero attached hydrogens (tertiary/aromatic N) is 1. The van der Waals surface area contributed by atoms with E-state index in [9.17, 15) is 13.2 Å². The van der Waals surface area contributed by atoms with Gasteiger partial charge in [-0.1, -0.05) is 24.1 Å². The maximum Gasteiger partial charge on any atom is 0.261 e. The maximum atomic E-state index is 13.1. The fourth-order valence-corrected chi connectivity index (χ4v) is 5.75. The highest BCUT2D eigenvalue weighted by molar-refractivity contribution is 7.92. The lowest BCUT2D eigenvalue weighted by atomic mass is 9.84. The molecule has 154 valence electrons. The summed E-state index contributed by atoms with van der Waals surface area (Å²) in [5.41, 5.74) is 5.31. The zero-order valence-corrected chi connectivity index (χ0v) is 18.3. The number of nitrogens with one attached hydrogen (secondary N) is 1. The Morgan fingerprint density at radius 2 is 1.72 bits per heavy atom. The van der Waals surface area contributed by atoms with Gasteiger partial charge in [0.05, 0.1) is 10.6 Å². The first-order valence-electron chi connectivity index (χ1n) is 10.2. The largest absolute Gasteiger partial charge is 0.309 e. The maximum absolute atomic E-state index is 13.1. The Morgan fingerprint density at radius 1 is 1.07 bits per heavy atom. The Morgan fingerprint density at radius 3 is 2.31 bits per heavy atom. The summed E-state index contributed by atoms with van der Waals surface area (Å²) in [6, 6.07) is 9.13. The third-order valence-corrected chi connectivity index (χ3v) is 7.53. The second-order valence-electron chi connectivity index (χ2n) is 8.56. The lowest BCUT2D eigenvalue weighted by Gasteiger charge is -2.32. The monoisotopic (exact) mass is 412 g/mol. The molecule has 2 aromatic rings. The number of fused-ring (bicyclic) bond motifs is 1. The van der Waals surface area contributed by atoms with Gasteiger partial charge in [-0.05, 0) is 81.8 Å². The number of carbonyl (C=O) groups is 1. The molecular weight excluding hydrogens is 384 g/mol. The van der Waals surface area contributed by atoms with Crippen LogP contribution in [0.15, 0.2) is 35.2 Å². The van der Waals surface area contributed by atoms with E-state index in [-0.39, 0.29) is 22.8 Å². The zero-order valence-electron chi connectivity index (χ0n) is 17.5. The molecule has 1 amide bonds. The molecule has 2 aromatic carbocycles. The Hall–Kier alpha value is -2.34. The van der Waals surface area contributed by atoms with E-state index >= 15 is 0 Å². The molecule has 6 heteroatoms. The van der Waals surface area contributed by atoms with Crippen molar-refractivity contribution in [3.63, 3.8) is 0 Å². The number of sulfonamides is 1. The molecule has 1 aliphatic heterocycles. The van der Waals surface area contributed by atoms with Crippen LogP contribution in [-0.4, -0.2) is 20.4 Å². The number of aryl methyl sites for hydroxylation is 3. The van der Waals surface area contributed by atoms with E-state index in [0.717, 1.165) is 47.2 Å². The van der Waals surface area contributed by atoms with Crippen molar-refractivity contribution in [2.24, 2.45) is 5.92 Å². The predicted octanol–water partition coefficient (Wildman–Crippen LogP) is 4.49. The van der Waals surface area contributed by atoms with Gasteiger partial charge in [0.25, 0.3) is 10.0 Å². The number of benzene rings is 2. The molecule has 1 saturated carbocycles. The van der Waals surface area contributed by atoms with Gasteiger partial charge < -0.3 is 4.90 Å². The topological polar surface area (TPSA) is 66.5 Å². The Kier molecular flexibility index (Phi) is 4.93. The molecular formula is C23H28N2O3S. The molecule has 0 radical (unpaired) electrons. The van der Waals surface area contributed by atoms with E-state index in [1.54, 1.807) is 18.2 Å². The fourth-order valence-electron chi connectivity index (χ4n) is 4.50. The molecule has 1 aliphatic carbocycles. The van der Waals surface area contributed by atoms with Crippen LogP contribution in [0.5, 0.6) is 0 Å². The van der Waals surface area contributed by atoms with Crippen molar-refractivity contribution in [3.8, 4) is 0 Å². The molecule has 0 saturated heterocycles. The van der Waals surface area contributed by atoms with Gasteiger partial charge in [0.1, 0.15) is 0 Å². The third-order valence-electron chi connectivity index (χ3n) is 6.18. The van der Waals surface area contributed by atoms with Crippen LogP contribution in [0.1, 0.15) is 48.4 Å². The highest BCUT2D eigenvalue weighted by atomic mass is 32.2. The summed E-state index contributed by atoms with van der Waals surface area (Å²) in [5.74, 6) is 0.308. The van der Waals surface area contributed by atoms with Gasteiger partial charge in [-0.2, -0.15) is 0 Å². The average molecular weight is 413 g/mol. The molecule has 2 aliphatic rings. The first-order chi connectivity index (χ1) is 13.7. The summed E-state index contributed by atoms with van der Waals surface area (Å²) >= 11 is 0. The number of carbonyl (C=O) groups excluding carboxylic acids is 1. The van der Waals surface area contributed by atoms with Crippen LogP contribution in [0, 0.1) is 26.7 Å². The van der Waals surface area contributed by atoms with Crippen LogP contribution in [0.4, 0.5) is 11.4 Å². The second-order valence-corrected chi connectivity index (χ2v) is 10.2. The molecule has 1 fully saturated rings. The fraction of sp³-hybridized carbons (Fsp3) is 0.435. The minimum Gasteiger partial charge on any atom is -0.309 e. The van der Waals surface area contributed by atoms with Gasteiger partial charge in [-0.25, -0.2) is 8.42 Å². The van der Waals surface area contributed by atoms with Crippen LogP contribution in [0.25, 0.3) is 0 Å². The summed E-state index contributed by atoms with van der Waals surface area (Å²) in [5, 5.41) is 0. The first kappa shape index (κ1) is 20.0. The van der Waals surface area contributed by atoms with Crippen molar-refractivity contribution in [2.45, 2.75) is 64.3 Å². The van der Waals surface area contributed by atoms with Crippen LogP contribution in [0.3, 0.4) is 0 Å². The SMILES string of the molecule is Cc1cc(C)c(NS(=O)(=O)c2ccc3c(c2)CC(C)N3C(=O)C2CCC2)c(C)c1. The minimum atomic E-state index is -3.71. The van der Waals surface area contributed by atoms with E-state index < -0.39 is 10.0 Å². The Bertz CT molecular complexity index is 1060. The molecule has 5 nitrogen and oxygen atoms in total. The molecule has 29 heavy (non-hydrogen) atoms. The number of anilines is 2. The van der Waals surface area contributed by atoms with Crippen molar-refractivity contribution >= 4 is 27.3 Å². The summed E-state index contributed by atoms with van der Waals surface area (Å²) < 4.78 is 28.9. The highest BCUT2D eigenvalue weighted by Gasteiger charge is 2.37. The quantitative estimate of drug-likeness (QED) is 0.805. The average Bonchev–Trinajstić information content (AvgIpc) is 2.91. The van der Waals surface area contributed by atoms with Gasteiger partial charge in [-0.15, -0.1) is 0 Å². The van der Waals surface area contributed by atoms with Crippen molar-refractivity contribution < 1.29 is 13.2 Å². The zero-order chi connectivity index (χ0) is 20.9. The predicted molar refractivity (Wildman–Crippen MR) is 116 cm³/mol. The Balaban J connectivity index is 1.64. The third kappa shape index (κ3) is 3.54. The van der Waals surface area contributed by atoms with Crippen molar-refractivity contribution in [3.05, 3.63) is 52.6 Å². The van der Waals surface area contributed by atoms with E-state index in [1.165, 1.54) is 0 Å².